The van der Waals surface area contributed by atoms with Crippen molar-refractivity contribution in [3.63, 3.8) is 0 Å². The second-order valence-corrected chi connectivity index (χ2v) is 5.64. The third-order valence-electron chi connectivity index (χ3n) is 3.73. The Morgan fingerprint density at radius 3 is 2.64 bits per heavy atom. The molecule has 10 heteroatoms. The van der Waals surface area contributed by atoms with E-state index in [1.54, 1.807) is 0 Å². The van der Waals surface area contributed by atoms with Gasteiger partial charge >= 0.3 is 6.18 Å². The maximum Gasteiger partial charge on any atom is 0.417 e. The summed E-state index contributed by atoms with van der Waals surface area (Å²) in [6.45, 7) is -0.00665. The van der Waals surface area contributed by atoms with Crippen LogP contribution < -0.4 is 5.32 Å². The normalized spacial score (nSPS) is 11.1. The molecule has 1 amide bonds. The number of carbonyl (C=O) groups is 1. The number of nitrogens with zero attached hydrogens (tertiary/aromatic N) is 4. The van der Waals surface area contributed by atoms with Crippen LogP contribution >= 0.6 is 0 Å². The summed E-state index contributed by atoms with van der Waals surface area (Å²) in [6, 6.07) is 8.59. The van der Waals surface area contributed by atoms with E-state index in [4.69, 9.17) is 5.26 Å². The Kier molecular flexibility index (Phi) is 5.08. The summed E-state index contributed by atoms with van der Waals surface area (Å²) in [6.07, 6.45) is -2.33. The van der Waals surface area contributed by atoms with Crippen LogP contribution in [0.4, 0.5) is 17.6 Å². The molecule has 0 fully saturated rings. The van der Waals surface area contributed by atoms with E-state index in [2.05, 4.69) is 15.4 Å². The van der Waals surface area contributed by atoms with Gasteiger partial charge in [0.2, 0.25) is 0 Å². The molecule has 0 unspecified atom stereocenters. The minimum absolute atomic E-state index is 0.00665. The third kappa shape index (κ3) is 4.15. The molecule has 0 aliphatic carbocycles. The van der Waals surface area contributed by atoms with Gasteiger partial charge in [-0.25, -0.2) is 14.1 Å². The molecule has 6 nitrogen and oxygen atoms in total. The molecule has 0 spiro atoms. The molecule has 1 N–H and O–H groups in total. The molecule has 3 rings (SSSR count). The molecule has 2 aromatic heterocycles. The largest absolute Gasteiger partial charge is 0.417 e. The average molecular weight is 389 g/mol. The highest BCUT2D eigenvalue weighted by Gasteiger charge is 2.34. The van der Waals surface area contributed by atoms with Gasteiger partial charge in [-0.1, -0.05) is 0 Å². The van der Waals surface area contributed by atoms with Crippen LogP contribution in [-0.4, -0.2) is 20.7 Å². The SMILES string of the molecule is N#Cc1ccc(-n2ccc(CNC(=O)c3ccc(F)cn3)n2)cc1C(F)(F)F. The van der Waals surface area contributed by atoms with Crippen molar-refractivity contribution in [2.24, 2.45) is 0 Å². The number of halogens is 4. The first-order valence-electron chi connectivity index (χ1n) is 7.84. The number of alkyl halides is 3. The van der Waals surface area contributed by atoms with Gasteiger partial charge in [-0.15, -0.1) is 0 Å². The number of nitriles is 1. The van der Waals surface area contributed by atoms with Crippen LogP contribution in [-0.2, 0) is 12.7 Å². The highest BCUT2D eigenvalue weighted by atomic mass is 19.4. The first kappa shape index (κ1) is 19.0. The van der Waals surface area contributed by atoms with Gasteiger partial charge in [0.1, 0.15) is 11.5 Å². The van der Waals surface area contributed by atoms with Gasteiger partial charge in [0, 0.05) is 6.20 Å². The van der Waals surface area contributed by atoms with Crippen molar-refractivity contribution in [1.82, 2.24) is 20.1 Å². The Balaban J connectivity index is 1.75. The second kappa shape index (κ2) is 7.48. The molecule has 0 saturated carbocycles. The van der Waals surface area contributed by atoms with Gasteiger partial charge in [-0.2, -0.15) is 23.5 Å². The van der Waals surface area contributed by atoms with E-state index < -0.39 is 29.0 Å². The maximum absolute atomic E-state index is 13.1. The van der Waals surface area contributed by atoms with Crippen LogP contribution in [0, 0.1) is 17.1 Å². The fourth-order valence-corrected chi connectivity index (χ4v) is 2.38. The van der Waals surface area contributed by atoms with Gasteiger partial charge < -0.3 is 5.32 Å². The third-order valence-corrected chi connectivity index (χ3v) is 3.73. The number of pyridine rings is 1. The molecule has 0 bridgehead atoms. The zero-order valence-electron chi connectivity index (χ0n) is 14.0. The molecule has 3 aromatic rings. The summed E-state index contributed by atoms with van der Waals surface area (Å²) < 4.78 is 53.2. The Morgan fingerprint density at radius 2 is 2.00 bits per heavy atom. The van der Waals surface area contributed by atoms with Gasteiger partial charge in [-0.05, 0) is 36.4 Å². The number of carbonyl (C=O) groups excluding carboxylic acids is 1. The standard InChI is InChI=1S/C18H11F4N5O/c19-12-2-4-16(24-9-12)17(28)25-10-13-5-6-27(26-13)14-3-1-11(8-23)15(7-14)18(20,21)22/h1-7,9H,10H2,(H,25,28). The van der Waals surface area contributed by atoms with E-state index in [-0.39, 0.29) is 17.9 Å². The predicted molar refractivity (Wildman–Crippen MR) is 88.6 cm³/mol. The van der Waals surface area contributed by atoms with E-state index in [0.717, 1.165) is 24.4 Å². The van der Waals surface area contributed by atoms with E-state index in [9.17, 15) is 22.4 Å². The van der Waals surface area contributed by atoms with Crippen LogP contribution in [0.25, 0.3) is 5.69 Å². The quantitative estimate of drug-likeness (QED) is 0.695. The van der Waals surface area contributed by atoms with Crippen molar-refractivity contribution in [1.29, 1.82) is 5.26 Å². The lowest BCUT2D eigenvalue weighted by atomic mass is 10.1. The molecule has 0 saturated heterocycles. The molecule has 142 valence electrons. The van der Waals surface area contributed by atoms with Crippen LogP contribution in [0.3, 0.4) is 0 Å². The molecule has 0 aliphatic rings. The molecule has 28 heavy (non-hydrogen) atoms. The van der Waals surface area contributed by atoms with Crippen LogP contribution in [0.1, 0.15) is 27.3 Å². The molecule has 2 heterocycles. The summed E-state index contributed by atoms with van der Waals surface area (Å²) in [5, 5.41) is 15.5. The Hall–Kier alpha value is -3.74. The van der Waals surface area contributed by atoms with E-state index in [0.29, 0.717) is 5.69 Å². The molecular weight excluding hydrogens is 378 g/mol. The molecule has 0 radical (unpaired) electrons. The average Bonchev–Trinajstić information content (AvgIpc) is 3.14. The zero-order valence-corrected chi connectivity index (χ0v) is 14.0. The topological polar surface area (TPSA) is 83.6 Å². The molecule has 0 aliphatic heterocycles. The van der Waals surface area contributed by atoms with Crippen molar-refractivity contribution in [2.45, 2.75) is 12.7 Å². The lowest BCUT2D eigenvalue weighted by Gasteiger charge is -2.10. The summed E-state index contributed by atoms with van der Waals surface area (Å²) in [5.74, 6) is -1.12. The molecular formula is C18H11F4N5O. The number of benzene rings is 1. The van der Waals surface area contributed by atoms with Gasteiger partial charge in [0.25, 0.3) is 5.91 Å². The van der Waals surface area contributed by atoms with Gasteiger partial charge in [-0.3, -0.25) is 4.79 Å². The van der Waals surface area contributed by atoms with Gasteiger partial charge in [0.15, 0.2) is 0 Å². The highest BCUT2D eigenvalue weighted by molar-refractivity contribution is 5.92. The molecule has 0 atom stereocenters. The van der Waals surface area contributed by atoms with Crippen LogP contribution in [0.2, 0.25) is 0 Å². The number of nitrogens with one attached hydrogen (secondary N) is 1. The van der Waals surface area contributed by atoms with E-state index >= 15 is 0 Å². The lowest BCUT2D eigenvalue weighted by Crippen LogP contribution is -2.24. The Morgan fingerprint density at radius 1 is 1.21 bits per heavy atom. The highest BCUT2D eigenvalue weighted by Crippen LogP contribution is 2.33. The van der Waals surface area contributed by atoms with E-state index in [1.165, 1.54) is 35.1 Å². The summed E-state index contributed by atoms with van der Waals surface area (Å²) in [4.78, 5) is 15.6. The van der Waals surface area contributed by atoms with Crippen molar-refractivity contribution in [2.75, 3.05) is 0 Å². The number of aromatic nitrogens is 3. The minimum atomic E-state index is -4.67. The maximum atomic E-state index is 13.1. The van der Waals surface area contributed by atoms with E-state index in [1.807, 2.05) is 0 Å². The summed E-state index contributed by atoms with van der Waals surface area (Å²) >= 11 is 0. The monoisotopic (exact) mass is 389 g/mol. The van der Waals surface area contributed by atoms with Crippen LogP contribution in [0.5, 0.6) is 0 Å². The van der Waals surface area contributed by atoms with Gasteiger partial charge in [0.05, 0.1) is 41.3 Å². The fraction of sp³-hybridized carbons (Fsp3) is 0.111. The fourth-order valence-electron chi connectivity index (χ4n) is 2.38. The predicted octanol–water partition coefficient (Wildman–Crippen LogP) is 3.23. The summed E-state index contributed by atoms with van der Waals surface area (Å²) in [5.41, 5.74) is -1.02. The zero-order chi connectivity index (χ0) is 20.3. The molecule has 1 aromatic carbocycles. The number of amides is 1. The Labute approximate surface area is 156 Å². The van der Waals surface area contributed by atoms with Crippen LogP contribution in [0.15, 0.2) is 48.8 Å². The Bertz CT molecular complexity index is 1050. The second-order valence-electron chi connectivity index (χ2n) is 5.64. The minimum Gasteiger partial charge on any atom is -0.345 e. The first-order chi connectivity index (χ1) is 13.3. The smallest absolute Gasteiger partial charge is 0.345 e. The number of hydrogen-bond donors (Lipinski definition) is 1. The van der Waals surface area contributed by atoms with Crippen molar-refractivity contribution in [3.8, 4) is 11.8 Å². The van der Waals surface area contributed by atoms with Crippen molar-refractivity contribution in [3.05, 3.63) is 77.1 Å². The van der Waals surface area contributed by atoms with Crippen molar-refractivity contribution < 1.29 is 22.4 Å². The van der Waals surface area contributed by atoms with Crippen molar-refractivity contribution >= 4 is 5.91 Å². The number of rotatable bonds is 4. The number of hydrogen-bond acceptors (Lipinski definition) is 4. The lowest BCUT2D eigenvalue weighted by molar-refractivity contribution is -0.137. The first-order valence-corrected chi connectivity index (χ1v) is 7.84. The summed E-state index contributed by atoms with van der Waals surface area (Å²) in [7, 11) is 0.